The van der Waals surface area contributed by atoms with Gasteiger partial charge in [0, 0.05) is 12.5 Å². The summed E-state index contributed by atoms with van der Waals surface area (Å²) >= 11 is 0. The zero-order valence-corrected chi connectivity index (χ0v) is 6.23. The third-order valence-electron chi connectivity index (χ3n) is 1.96. The van der Waals surface area contributed by atoms with Crippen LogP contribution in [-0.2, 0) is 4.79 Å². The van der Waals surface area contributed by atoms with E-state index in [2.05, 4.69) is 11.6 Å². The predicted molar refractivity (Wildman–Crippen MR) is 40.5 cm³/mol. The fraction of sp³-hybridized carbons (Fsp3) is 0.875. The summed E-state index contributed by atoms with van der Waals surface area (Å²) in [5, 5.41) is 3.23. The first-order valence-corrected chi connectivity index (χ1v) is 4.02. The summed E-state index contributed by atoms with van der Waals surface area (Å²) in [7, 11) is 0. The van der Waals surface area contributed by atoms with Gasteiger partial charge in [-0.2, -0.15) is 0 Å². The van der Waals surface area contributed by atoms with Gasteiger partial charge in [0.15, 0.2) is 0 Å². The zero-order chi connectivity index (χ0) is 7.23. The van der Waals surface area contributed by atoms with E-state index in [9.17, 15) is 4.79 Å². The lowest BCUT2D eigenvalue weighted by molar-refractivity contribution is 0.440. The number of carbonyl (C=O) groups excluding carboxylic acids is 1. The fourth-order valence-electron chi connectivity index (χ4n) is 1.30. The molecule has 1 saturated heterocycles. The molecule has 2 nitrogen and oxygen atoms in total. The van der Waals surface area contributed by atoms with E-state index < -0.39 is 0 Å². The van der Waals surface area contributed by atoms with Gasteiger partial charge < -0.3 is 5.32 Å². The maximum Gasteiger partial charge on any atom is 0.203 e. The molecule has 1 unspecified atom stereocenters. The number of rotatable bonds is 1. The summed E-state index contributed by atoms with van der Waals surface area (Å²) in [5.74, 6) is 0.153. The van der Waals surface area contributed by atoms with Gasteiger partial charge in [0.1, 0.15) is 0 Å². The van der Waals surface area contributed by atoms with Crippen LogP contribution in [0.25, 0.3) is 0 Å². The second kappa shape index (κ2) is 4.45. The van der Waals surface area contributed by atoms with E-state index in [0.717, 1.165) is 19.5 Å². The lowest BCUT2D eigenvalue weighted by atomic mass is 10.0. The standard InChI is InChI=1S/C8H14NO/c10-7-8-4-2-1-3-5-9-6-8/h8-9H,1-6H2. The molecule has 1 heterocycles. The van der Waals surface area contributed by atoms with Crippen LogP contribution in [0.2, 0.25) is 0 Å². The molecule has 0 aromatic carbocycles. The van der Waals surface area contributed by atoms with Crippen LogP contribution >= 0.6 is 0 Å². The van der Waals surface area contributed by atoms with E-state index in [0.29, 0.717) is 0 Å². The molecule has 1 fully saturated rings. The summed E-state index contributed by atoms with van der Waals surface area (Å²) in [6.07, 6.45) is 6.79. The number of hydrogen-bond acceptors (Lipinski definition) is 2. The van der Waals surface area contributed by atoms with Gasteiger partial charge in [0.05, 0.1) is 0 Å². The van der Waals surface area contributed by atoms with Crippen molar-refractivity contribution in [3.63, 3.8) is 0 Å². The lowest BCUT2D eigenvalue weighted by Gasteiger charge is -2.13. The maximum atomic E-state index is 10.3. The molecule has 0 saturated carbocycles. The van der Waals surface area contributed by atoms with Crippen LogP contribution < -0.4 is 5.32 Å². The molecule has 1 aliphatic heterocycles. The molecule has 10 heavy (non-hydrogen) atoms. The molecule has 0 aliphatic carbocycles. The third-order valence-corrected chi connectivity index (χ3v) is 1.96. The quantitative estimate of drug-likeness (QED) is 0.585. The molecule has 57 valence electrons. The van der Waals surface area contributed by atoms with Gasteiger partial charge in [-0.1, -0.05) is 12.8 Å². The Balaban J connectivity index is 2.22. The van der Waals surface area contributed by atoms with Gasteiger partial charge in [0.2, 0.25) is 6.29 Å². The van der Waals surface area contributed by atoms with Crippen LogP contribution in [0.4, 0.5) is 0 Å². The fourth-order valence-corrected chi connectivity index (χ4v) is 1.30. The highest BCUT2D eigenvalue weighted by molar-refractivity contribution is 5.54. The van der Waals surface area contributed by atoms with Crippen molar-refractivity contribution in [3.05, 3.63) is 0 Å². The Kier molecular flexibility index (Phi) is 3.44. The maximum absolute atomic E-state index is 10.3. The highest BCUT2D eigenvalue weighted by atomic mass is 16.1. The Labute approximate surface area is 62.0 Å². The van der Waals surface area contributed by atoms with Crippen molar-refractivity contribution in [2.24, 2.45) is 5.92 Å². The molecule has 0 bridgehead atoms. The van der Waals surface area contributed by atoms with E-state index in [1.807, 2.05) is 0 Å². The van der Waals surface area contributed by atoms with Crippen LogP contribution in [0, 0.1) is 5.92 Å². The summed E-state index contributed by atoms with van der Waals surface area (Å²) in [6.45, 7) is 1.90. The van der Waals surface area contributed by atoms with E-state index in [4.69, 9.17) is 0 Å². The van der Waals surface area contributed by atoms with Crippen LogP contribution in [0.3, 0.4) is 0 Å². The number of hydrogen-bond donors (Lipinski definition) is 1. The Morgan fingerprint density at radius 3 is 3.00 bits per heavy atom. The summed E-state index contributed by atoms with van der Waals surface area (Å²) < 4.78 is 0. The second-order valence-electron chi connectivity index (χ2n) is 2.87. The average molecular weight is 140 g/mol. The molecular formula is C8H14NO. The van der Waals surface area contributed by atoms with Gasteiger partial charge in [-0.15, -0.1) is 0 Å². The Hall–Kier alpha value is -0.370. The van der Waals surface area contributed by atoms with Crippen molar-refractivity contribution in [2.45, 2.75) is 25.7 Å². The first-order valence-electron chi connectivity index (χ1n) is 4.02. The van der Waals surface area contributed by atoms with E-state index in [-0.39, 0.29) is 5.92 Å². The van der Waals surface area contributed by atoms with Crippen molar-refractivity contribution in [2.75, 3.05) is 13.1 Å². The topological polar surface area (TPSA) is 29.1 Å². The molecule has 0 aromatic heterocycles. The molecule has 0 aromatic rings. The minimum Gasteiger partial charge on any atom is -0.316 e. The van der Waals surface area contributed by atoms with Crippen molar-refractivity contribution in [3.8, 4) is 0 Å². The molecule has 1 rings (SSSR count). The minimum atomic E-state index is 0.153. The normalized spacial score (nSPS) is 28.6. The van der Waals surface area contributed by atoms with Crippen molar-refractivity contribution in [1.82, 2.24) is 5.32 Å². The first kappa shape index (κ1) is 7.73. The molecule has 1 N–H and O–H groups in total. The highest BCUT2D eigenvalue weighted by Crippen LogP contribution is 2.09. The van der Waals surface area contributed by atoms with E-state index >= 15 is 0 Å². The summed E-state index contributed by atoms with van der Waals surface area (Å²) in [4.78, 5) is 10.3. The Bertz CT molecular complexity index is 95.4. The summed E-state index contributed by atoms with van der Waals surface area (Å²) in [5.41, 5.74) is 0. The molecule has 0 amide bonds. The minimum absolute atomic E-state index is 0.153. The predicted octanol–water partition coefficient (Wildman–Crippen LogP) is 0.876. The van der Waals surface area contributed by atoms with Gasteiger partial charge in [0.25, 0.3) is 0 Å². The monoisotopic (exact) mass is 140 g/mol. The largest absolute Gasteiger partial charge is 0.316 e. The van der Waals surface area contributed by atoms with Crippen molar-refractivity contribution in [1.29, 1.82) is 0 Å². The van der Waals surface area contributed by atoms with Crippen LogP contribution in [0.15, 0.2) is 0 Å². The molecule has 0 spiro atoms. The van der Waals surface area contributed by atoms with E-state index in [1.165, 1.54) is 19.3 Å². The van der Waals surface area contributed by atoms with Crippen molar-refractivity contribution < 1.29 is 4.79 Å². The molecule has 1 atom stereocenters. The van der Waals surface area contributed by atoms with Crippen LogP contribution in [0.1, 0.15) is 25.7 Å². The lowest BCUT2D eigenvalue weighted by Crippen LogP contribution is -2.26. The molecule has 2 heteroatoms. The van der Waals surface area contributed by atoms with Crippen LogP contribution in [-0.4, -0.2) is 19.4 Å². The molecular weight excluding hydrogens is 126 g/mol. The van der Waals surface area contributed by atoms with Gasteiger partial charge in [-0.05, 0) is 19.4 Å². The smallest absolute Gasteiger partial charge is 0.203 e. The summed E-state index contributed by atoms with van der Waals surface area (Å²) in [6, 6.07) is 0. The Morgan fingerprint density at radius 2 is 2.20 bits per heavy atom. The average Bonchev–Trinajstić information content (AvgIpc) is 1.87. The molecule has 1 aliphatic rings. The second-order valence-corrected chi connectivity index (χ2v) is 2.87. The number of nitrogens with one attached hydrogen (secondary N) is 1. The van der Waals surface area contributed by atoms with Crippen molar-refractivity contribution >= 4 is 6.29 Å². The van der Waals surface area contributed by atoms with Crippen LogP contribution in [0.5, 0.6) is 0 Å². The van der Waals surface area contributed by atoms with Gasteiger partial charge in [-0.25, -0.2) is 0 Å². The molecule has 1 radical (unpaired) electrons. The van der Waals surface area contributed by atoms with E-state index in [1.54, 1.807) is 0 Å². The third kappa shape index (κ3) is 2.48. The highest BCUT2D eigenvalue weighted by Gasteiger charge is 2.09. The Morgan fingerprint density at radius 1 is 1.30 bits per heavy atom. The first-order chi connectivity index (χ1) is 4.93. The van der Waals surface area contributed by atoms with Gasteiger partial charge in [-0.3, -0.25) is 4.79 Å². The zero-order valence-electron chi connectivity index (χ0n) is 6.23. The SMILES string of the molecule is O=[C]C1CCCCCNC1. The van der Waals surface area contributed by atoms with Gasteiger partial charge >= 0.3 is 0 Å².